The van der Waals surface area contributed by atoms with Gasteiger partial charge in [0, 0.05) is 35.8 Å². The topological polar surface area (TPSA) is 46.6 Å². The molecule has 5 heteroatoms. The second-order valence-electron chi connectivity index (χ2n) is 7.17. The highest BCUT2D eigenvalue weighted by Crippen LogP contribution is 2.29. The van der Waals surface area contributed by atoms with Crippen LogP contribution in [0.1, 0.15) is 55.9 Å². The van der Waals surface area contributed by atoms with Crippen molar-refractivity contribution in [1.82, 2.24) is 4.90 Å². The third kappa shape index (κ3) is 7.86. The van der Waals surface area contributed by atoms with Crippen molar-refractivity contribution in [2.75, 3.05) is 14.2 Å². The lowest BCUT2D eigenvalue weighted by molar-refractivity contribution is -0.134. The molecule has 1 aromatic carbocycles. The second kappa shape index (κ2) is 12.2. The molecule has 0 N–H and O–H groups in total. The normalized spacial score (nSPS) is 11.0. The average Bonchev–Trinajstić information content (AvgIpc) is 3.21. The summed E-state index contributed by atoms with van der Waals surface area (Å²) in [6.45, 7) is 2.81. The molecule has 0 spiro atoms. The Bertz CT molecular complexity index is 825. The molecule has 0 atom stereocenters. The highest BCUT2D eigenvalue weighted by Gasteiger charge is 2.10. The second-order valence-corrected chi connectivity index (χ2v) is 8.29. The zero-order valence-corrected chi connectivity index (χ0v) is 18.5. The van der Waals surface area contributed by atoms with E-state index in [9.17, 15) is 9.59 Å². The summed E-state index contributed by atoms with van der Waals surface area (Å²) in [7, 11) is 3.24. The molecule has 0 aliphatic heterocycles. The van der Waals surface area contributed by atoms with Crippen LogP contribution in [-0.2, 0) is 20.9 Å². The van der Waals surface area contributed by atoms with E-state index < -0.39 is 0 Å². The van der Waals surface area contributed by atoms with E-state index >= 15 is 0 Å². The smallest absolute Gasteiger partial charge is 0.330 e. The van der Waals surface area contributed by atoms with Gasteiger partial charge in [0.25, 0.3) is 0 Å². The van der Waals surface area contributed by atoms with E-state index in [1.165, 1.54) is 32.4 Å². The number of carbonyl (C=O) groups is 2. The predicted molar refractivity (Wildman–Crippen MR) is 121 cm³/mol. The van der Waals surface area contributed by atoms with Crippen molar-refractivity contribution in [1.29, 1.82) is 0 Å². The van der Waals surface area contributed by atoms with Crippen molar-refractivity contribution in [3.8, 4) is 10.4 Å². The molecule has 0 unspecified atom stereocenters. The van der Waals surface area contributed by atoms with Crippen LogP contribution in [-0.4, -0.2) is 30.9 Å². The lowest BCUT2D eigenvalue weighted by Gasteiger charge is -2.17. The van der Waals surface area contributed by atoms with E-state index in [4.69, 9.17) is 0 Å². The van der Waals surface area contributed by atoms with Gasteiger partial charge in [-0.25, -0.2) is 4.79 Å². The fourth-order valence-electron chi connectivity index (χ4n) is 3.07. The van der Waals surface area contributed by atoms with E-state index in [1.807, 2.05) is 30.1 Å². The Morgan fingerprint density at radius 2 is 1.90 bits per heavy atom. The van der Waals surface area contributed by atoms with Gasteiger partial charge in [0.2, 0.25) is 5.91 Å². The van der Waals surface area contributed by atoms with E-state index in [0.717, 1.165) is 33.7 Å². The lowest BCUT2D eigenvalue weighted by Crippen LogP contribution is -2.25. The molecule has 1 aromatic heterocycles. The molecule has 1 heterocycles. The molecule has 0 radical (unpaired) electrons. The summed E-state index contributed by atoms with van der Waals surface area (Å²) in [5, 5.41) is 0. The van der Waals surface area contributed by atoms with Gasteiger partial charge in [-0.15, -0.1) is 11.3 Å². The molecule has 2 aromatic rings. The van der Waals surface area contributed by atoms with Crippen molar-refractivity contribution < 1.29 is 14.3 Å². The molecule has 0 saturated heterocycles. The van der Waals surface area contributed by atoms with Gasteiger partial charge in [0.05, 0.1) is 7.11 Å². The summed E-state index contributed by atoms with van der Waals surface area (Å²) in [4.78, 5) is 27.5. The Labute approximate surface area is 178 Å². The molecule has 4 nitrogen and oxygen atoms in total. The molecule has 156 valence electrons. The molecular formula is C24H31NO3S. The number of ether oxygens (including phenoxy) is 1. The Kier molecular flexibility index (Phi) is 9.65. The quantitative estimate of drug-likeness (QED) is 0.261. The lowest BCUT2D eigenvalue weighted by atomic mass is 10.1. The number of amides is 1. The molecule has 2 rings (SSSR count). The highest BCUT2D eigenvalue weighted by atomic mass is 32.1. The van der Waals surface area contributed by atoms with Gasteiger partial charge in [-0.05, 0) is 41.8 Å². The first-order chi connectivity index (χ1) is 14.0. The number of hydrogen-bond acceptors (Lipinski definition) is 4. The van der Waals surface area contributed by atoms with Crippen LogP contribution >= 0.6 is 11.3 Å². The van der Waals surface area contributed by atoms with Crippen molar-refractivity contribution >= 4 is 29.3 Å². The Balaban J connectivity index is 1.94. The number of hydrogen-bond donors (Lipinski definition) is 0. The van der Waals surface area contributed by atoms with Crippen LogP contribution in [0.25, 0.3) is 16.5 Å². The molecule has 0 aliphatic carbocycles. The summed E-state index contributed by atoms with van der Waals surface area (Å²) in [6.07, 6.45) is 9.60. The number of unbranched alkanes of at least 4 members (excludes halogenated alkanes) is 4. The molecule has 0 saturated carbocycles. The minimum absolute atomic E-state index is 0.207. The first-order valence-electron chi connectivity index (χ1n) is 10.2. The zero-order chi connectivity index (χ0) is 21.1. The highest BCUT2D eigenvalue weighted by molar-refractivity contribution is 7.16. The maximum Gasteiger partial charge on any atom is 0.330 e. The first-order valence-corrected chi connectivity index (χ1v) is 11.0. The molecule has 29 heavy (non-hydrogen) atoms. The summed E-state index contributed by atoms with van der Waals surface area (Å²) in [6, 6.07) is 12.3. The predicted octanol–water partition coefficient (Wildman–Crippen LogP) is 5.92. The van der Waals surface area contributed by atoms with Gasteiger partial charge >= 0.3 is 5.97 Å². The van der Waals surface area contributed by atoms with Gasteiger partial charge in [-0.1, -0.05) is 50.8 Å². The maximum absolute atomic E-state index is 12.4. The van der Waals surface area contributed by atoms with Crippen LogP contribution in [0.3, 0.4) is 0 Å². The summed E-state index contributed by atoms with van der Waals surface area (Å²) in [5.41, 5.74) is 2.23. The number of carbonyl (C=O) groups excluding carboxylic acids is 2. The van der Waals surface area contributed by atoms with Crippen molar-refractivity contribution in [2.45, 2.75) is 52.0 Å². The van der Waals surface area contributed by atoms with Crippen LogP contribution < -0.4 is 0 Å². The summed E-state index contributed by atoms with van der Waals surface area (Å²) < 4.78 is 4.62. The molecular weight excluding hydrogens is 382 g/mol. The average molecular weight is 414 g/mol. The fourth-order valence-corrected chi connectivity index (χ4v) is 3.98. The van der Waals surface area contributed by atoms with Crippen LogP contribution in [0.5, 0.6) is 0 Å². The van der Waals surface area contributed by atoms with Crippen LogP contribution in [0.4, 0.5) is 0 Å². The van der Waals surface area contributed by atoms with E-state index in [1.54, 1.807) is 17.4 Å². The largest absolute Gasteiger partial charge is 0.466 e. The Morgan fingerprint density at radius 1 is 1.10 bits per heavy atom. The fraction of sp³-hybridized carbons (Fsp3) is 0.417. The summed E-state index contributed by atoms with van der Waals surface area (Å²) >= 11 is 1.61. The number of benzene rings is 1. The van der Waals surface area contributed by atoms with Gasteiger partial charge in [0.1, 0.15) is 0 Å². The minimum Gasteiger partial charge on any atom is -0.466 e. The van der Waals surface area contributed by atoms with Crippen molar-refractivity contribution in [3.63, 3.8) is 0 Å². The Morgan fingerprint density at radius 3 is 2.66 bits per heavy atom. The number of esters is 1. The molecule has 0 aliphatic rings. The number of nitrogens with zero attached hydrogens (tertiary/aromatic N) is 1. The maximum atomic E-state index is 12.4. The van der Waals surface area contributed by atoms with Crippen molar-refractivity contribution in [3.05, 3.63) is 52.9 Å². The third-order valence-corrected chi connectivity index (χ3v) is 5.86. The van der Waals surface area contributed by atoms with Gasteiger partial charge in [-0.3, -0.25) is 4.79 Å². The van der Waals surface area contributed by atoms with Crippen LogP contribution in [0.2, 0.25) is 0 Å². The third-order valence-electron chi connectivity index (χ3n) is 4.76. The molecule has 0 bridgehead atoms. The van der Waals surface area contributed by atoms with E-state index in [0.29, 0.717) is 13.0 Å². The van der Waals surface area contributed by atoms with Crippen LogP contribution in [0, 0.1) is 0 Å². The standard InChI is InChI=1S/C24H31NO3S/c1-4-5-6-7-8-12-23(26)25(2)18-19-10-9-11-20(17-19)22-15-13-21(29-22)14-16-24(27)28-3/h9-11,13-17H,4-8,12,18H2,1-3H3. The number of thiophene rings is 1. The monoisotopic (exact) mass is 413 g/mol. The van der Waals surface area contributed by atoms with Crippen molar-refractivity contribution in [2.24, 2.45) is 0 Å². The van der Waals surface area contributed by atoms with E-state index in [2.05, 4.69) is 29.9 Å². The number of methoxy groups -OCH3 is 1. The molecule has 0 fully saturated rings. The first kappa shape index (κ1) is 22.9. The molecule has 1 amide bonds. The Hall–Kier alpha value is -2.40. The van der Waals surface area contributed by atoms with Crippen LogP contribution in [0.15, 0.2) is 42.5 Å². The zero-order valence-electron chi connectivity index (χ0n) is 17.6. The van der Waals surface area contributed by atoms with Gasteiger partial charge in [0.15, 0.2) is 0 Å². The minimum atomic E-state index is -0.361. The van der Waals surface area contributed by atoms with Gasteiger partial charge in [-0.2, -0.15) is 0 Å². The summed E-state index contributed by atoms with van der Waals surface area (Å²) in [5.74, 6) is -0.154. The van der Waals surface area contributed by atoms with Gasteiger partial charge < -0.3 is 9.64 Å². The van der Waals surface area contributed by atoms with E-state index in [-0.39, 0.29) is 11.9 Å². The SMILES string of the molecule is CCCCCCCC(=O)N(C)Cc1cccc(-c2ccc(C=CC(=O)OC)s2)c1. The number of rotatable bonds is 11.